The van der Waals surface area contributed by atoms with Gasteiger partial charge in [0.05, 0.1) is 24.2 Å². The molecule has 8 rings (SSSR count). The van der Waals surface area contributed by atoms with E-state index >= 15 is 0 Å². The molecule has 0 bridgehead atoms. The standard InChI is InChI=1S/C47H43FN3O4/c1-5-24-51(25-6-2,45(52)32-12-8-7-9-13-32)36-20-16-30(3)42(29-36)50-35-19-22-40-44(28-35)54-43-27-34(49-41-23-17-33(48)26-31(41)4)18-21-39(43)47(40)38-15-11-10-14-37(38)46(53)55-47/h7-23,26-29,49-50H,5-6,24-25H2,1-4H3/q+1. The topological polar surface area (TPSA) is 76.7 Å². The number of carbonyl (C=O) groups excluding carboxylic acids is 2. The highest BCUT2D eigenvalue weighted by atomic mass is 19.1. The largest absolute Gasteiger partial charge is 0.456 e. The number of nitrogens with one attached hydrogen (secondary N) is 2. The van der Waals surface area contributed by atoms with E-state index < -0.39 is 11.6 Å². The SMILES string of the molecule is CCC[N+](CCC)(C(=O)c1ccccc1)c1ccc(C)c(Nc2ccc3c(c2)Oc2cc(Nc4ccc(F)cc4C)ccc2C32OC(=O)c3ccccc32)c1. The number of amides is 1. The number of carbonyl (C=O) groups is 2. The quantitative estimate of drug-likeness (QED) is 0.108. The molecule has 1 amide bonds. The van der Waals surface area contributed by atoms with Gasteiger partial charge in [-0.3, -0.25) is 0 Å². The summed E-state index contributed by atoms with van der Waals surface area (Å²) < 4.78 is 27.2. The van der Waals surface area contributed by atoms with E-state index in [-0.39, 0.29) is 16.2 Å². The molecule has 1 unspecified atom stereocenters. The lowest BCUT2D eigenvalue weighted by atomic mass is 9.77. The summed E-state index contributed by atoms with van der Waals surface area (Å²) in [4.78, 5) is 27.8. The summed E-state index contributed by atoms with van der Waals surface area (Å²) in [6, 6.07) is 39.5. The molecule has 1 atom stereocenters. The number of aryl methyl sites for hydroxylation is 2. The third-order valence-electron chi connectivity index (χ3n) is 10.8. The number of hydrogen-bond acceptors (Lipinski definition) is 6. The van der Waals surface area contributed by atoms with Crippen LogP contribution in [0.25, 0.3) is 0 Å². The zero-order chi connectivity index (χ0) is 38.3. The maximum Gasteiger partial charge on any atom is 0.350 e. The van der Waals surface area contributed by atoms with Crippen molar-refractivity contribution in [1.82, 2.24) is 4.48 Å². The number of ether oxygens (including phenoxy) is 2. The predicted molar refractivity (Wildman–Crippen MR) is 216 cm³/mol. The van der Waals surface area contributed by atoms with Gasteiger partial charge in [0, 0.05) is 63.7 Å². The summed E-state index contributed by atoms with van der Waals surface area (Å²) in [7, 11) is 0. The minimum Gasteiger partial charge on any atom is -0.456 e. The van der Waals surface area contributed by atoms with E-state index in [2.05, 4.69) is 42.7 Å². The lowest BCUT2D eigenvalue weighted by Gasteiger charge is -2.37. The van der Waals surface area contributed by atoms with Crippen molar-refractivity contribution in [2.75, 3.05) is 23.7 Å². The molecule has 0 radical (unpaired) electrons. The van der Waals surface area contributed by atoms with Gasteiger partial charge in [-0.15, -0.1) is 0 Å². The van der Waals surface area contributed by atoms with E-state index in [1.807, 2.05) is 98.8 Å². The van der Waals surface area contributed by atoms with Gasteiger partial charge in [0.15, 0.2) is 5.60 Å². The molecule has 0 saturated heterocycles. The van der Waals surface area contributed by atoms with Crippen LogP contribution in [0.4, 0.5) is 32.8 Å². The molecule has 2 aliphatic rings. The second-order valence-corrected chi connectivity index (χ2v) is 14.4. The molecule has 2 aliphatic heterocycles. The van der Waals surface area contributed by atoms with Crippen LogP contribution in [0, 0.1) is 19.7 Å². The Morgan fingerprint density at radius 1 is 0.673 bits per heavy atom. The number of benzene rings is 6. The van der Waals surface area contributed by atoms with Gasteiger partial charge in [0.2, 0.25) is 0 Å². The number of fused-ring (bicyclic) bond motifs is 6. The molecule has 2 N–H and O–H groups in total. The lowest BCUT2D eigenvalue weighted by Crippen LogP contribution is -2.55. The first kappa shape index (κ1) is 35.8. The summed E-state index contributed by atoms with van der Waals surface area (Å²) in [6.45, 7) is 9.49. The van der Waals surface area contributed by atoms with Gasteiger partial charge in [0.25, 0.3) is 0 Å². The van der Waals surface area contributed by atoms with Crippen molar-refractivity contribution >= 4 is 40.3 Å². The maximum absolute atomic E-state index is 14.3. The highest BCUT2D eigenvalue weighted by Crippen LogP contribution is 2.57. The minimum absolute atomic E-state index is 0.0834. The number of anilines is 4. The first-order valence-corrected chi connectivity index (χ1v) is 18.8. The van der Waals surface area contributed by atoms with E-state index in [1.54, 1.807) is 12.1 Å². The lowest BCUT2D eigenvalue weighted by molar-refractivity contribution is 0.0224. The number of hydrogen-bond donors (Lipinski definition) is 2. The molecular weight excluding hydrogens is 690 g/mol. The zero-order valence-electron chi connectivity index (χ0n) is 31.4. The first-order chi connectivity index (χ1) is 26.7. The highest BCUT2D eigenvalue weighted by molar-refractivity contribution is 6.02. The normalized spacial score (nSPS) is 15.4. The third-order valence-corrected chi connectivity index (χ3v) is 10.8. The van der Waals surface area contributed by atoms with E-state index in [0.717, 1.165) is 58.0 Å². The van der Waals surface area contributed by atoms with Gasteiger partial charge in [-0.25, -0.2) is 18.5 Å². The number of esters is 1. The summed E-state index contributed by atoms with van der Waals surface area (Å²) in [5.41, 5.74) is 7.98. The molecule has 0 saturated carbocycles. The molecule has 0 aliphatic carbocycles. The second-order valence-electron chi connectivity index (χ2n) is 14.4. The van der Waals surface area contributed by atoms with Crippen molar-refractivity contribution in [2.24, 2.45) is 0 Å². The van der Waals surface area contributed by atoms with Gasteiger partial charge in [0.1, 0.15) is 23.0 Å². The molecule has 6 aromatic carbocycles. The van der Waals surface area contributed by atoms with Crippen LogP contribution < -0.4 is 19.9 Å². The second kappa shape index (κ2) is 14.2. The Kier molecular flexibility index (Phi) is 9.23. The summed E-state index contributed by atoms with van der Waals surface area (Å²) in [6.07, 6.45) is 1.68. The van der Waals surface area contributed by atoms with Crippen molar-refractivity contribution in [1.29, 1.82) is 0 Å². The van der Waals surface area contributed by atoms with Crippen LogP contribution in [0.2, 0.25) is 0 Å². The Labute approximate surface area is 321 Å². The Bertz CT molecular complexity index is 2460. The summed E-state index contributed by atoms with van der Waals surface area (Å²) >= 11 is 0. The van der Waals surface area contributed by atoms with Crippen LogP contribution in [0.3, 0.4) is 0 Å². The fourth-order valence-electron chi connectivity index (χ4n) is 8.20. The average molecular weight is 733 g/mol. The highest BCUT2D eigenvalue weighted by Gasteiger charge is 2.53. The number of rotatable bonds is 10. The molecule has 55 heavy (non-hydrogen) atoms. The van der Waals surface area contributed by atoms with Crippen molar-refractivity contribution in [3.8, 4) is 11.5 Å². The van der Waals surface area contributed by atoms with Gasteiger partial charge < -0.3 is 20.1 Å². The van der Waals surface area contributed by atoms with Gasteiger partial charge in [-0.05, 0) is 98.5 Å². The molecule has 2 heterocycles. The molecule has 0 fully saturated rings. The molecule has 6 aromatic rings. The van der Waals surface area contributed by atoms with Crippen LogP contribution in [-0.4, -0.2) is 25.0 Å². The summed E-state index contributed by atoms with van der Waals surface area (Å²) in [5, 5.41) is 7.02. The van der Waals surface area contributed by atoms with Crippen LogP contribution in [0.1, 0.15) is 75.2 Å². The Hall–Kier alpha value is -6.25. The fraction of sp³-hybridized carbons (Fsp3) is 0.191. The summed E-state index contributed by atoms with van der Waals surface area (Å²) in [5.74, 6) is 0.438. The first-order valence-electron chi connectivity index (χ1n) is 18.8. The number of quaternary nitrogens is 1. The molecule has 7 nitrogen and oxygen atoms in total. The van der Waals surface area contributed by atoms with Crippen molar-refractivity contribution < 1.29 is 23.5 Å². The fourth-order valence-corrected chi connectivity index (χ4v) is 8.20. The Balaban J connectivity index is 1.20. The Morgan fingerprint density at radius 3 is 1.96 bits per heavy atom. The molecular formula is C47H43FN3O4+. The molecule has 276 valence electrons. The average Bonchev–Trinajstić information content (AvgIpc) is 3.48. The monoisotopic (exact) mass is 732 g/mol. The van der Waals surface area contributed by atoms with Gasteiger partial charge in [-0.2, -0.15) is 0 Å². The van der Waals surface area contributed by atoms with Crippen molar-refractivity contribution in [3.05, 3.63) is 172 Å². The van der Waals surface area contributed by atoms with E-state index in [1.165, 1.54) is 12.1 Å². The van der Waals surface area contributed by atoms with Crippen LogP contribution in [0.15, 0.2) is 127 Å². The maximum atomic E-state index is 14.3. The zero-order valence-corrected chi connectivity index (χ0v) is 31.4. The predicted octanol–water partition coefficient (Wildman–Crippen LogP) is 11.5. The smallest absolute Gasteiger partial charge is 0.350 e. The number of halogens is 1. The molecule has 8 heteroatoms. The molecule has 1 spiro atoms. The van der Waals surface area contributed by atoms with Crippen LogP contribution in [0.5, 0.6) is 11.5 Å². The van der Waals surface area contributed by atoms with E-state index in [4.69, 9.17) is 9.47 Å². The van der Waals surface area contributed by atoms with Crippen LogP contribution >= 0.6 is 0 Å². The van der Waals surface area contributed by atoms with Gasteiger partial charge in [-0.1, -0.05) is 56.3 Å². The van der Waals surface area contributed by atoms with E-state index in [0.29, 0.717) is 46.8 Å². The van der Waals surface area contributed by atoms with Crippen molar-refractivity contribution in [3.63, 3.8) is 0 Å². The van der Waals surface area contributed by atoms with Crippen LogP contribution in [-0.2, 0) is 10.3 Å². The molecule has 0 aromatic heterocycles. The van der Waals surface area contributed by atoms with Crippen molar-refractivity contribution in [2.45, 2.75) is 46.1 Å². The van der Waals surface area contributed by atoms with E-state index in [9.17, 15) is 14.0 Å². The van der Waals surface area contributed by atoms with Gasteiger partial charge >= 0.3 is 11.9 Å². The minimum atomic E-state index is -1.23. The number of nitrogens with zero attached hydrogens (tertiary/aromatic N) is 1. The third kappa shape index (κ3) is 6.12. The Morgan fingerprint density at radius 2 is 1.31 bits per heavy atom.